The number of piperidine rings is 1. The average Bonchev–Trinajstić information content (AvgIpc) is 2.40. The number of rotatable bonds is 5. The van der Waals surface area contributed by atoms with E-state index in [2.05, 4.69) is 27.2 Å². The van der Waals surface area contributed by atoms with Gasteiger partial charge >= 0.3 is 0 Å². The lowest BCUT2D eigenvalue weighted by molar-refractivity contribution is 0.250. The molecule has 0 bridgehead atoms. The van der Waals surface area contributed by atoms with Crippen molar-refractivity contribution in [2.24, 2.45) is 0 Å². The minimum Gasteiger partial charge on any atom is -0.480 e. The van der Waals surface area contributed by atoms with E-state index in [9.17, 15) is 0 Å². The van der Waals surface area contributed by atoms with Crippen LogP contribution in [0.25, 0.3) is 0 Å². The van der Waals surface area contributed by atoms with Gasteiger partial charge in [-0.25, -0.2) is 4.98 Å². The minimum absolute atomic E-state index is 0. The number of hydrogen-bond acceptors (Lipinski definition) is 5. The first-order valence-corrected chi connectivity index (χ1v) is 6.55. The average molecular weight is 287 g/mol. The van der Waals surface area contributed by atoms with Crippen LogP contribution in [-0.4, -0.2) is 48.2 Å². The van der Waals surface area contributed by atoms with Crippen LogP contribution in [0.3, 0.4) is 0 Å². The molecule has 0 amide bonds. The summed E-state index contributed by atoms with van der Waals surface area (Å²) in [5.41, 5.74) is 0.901. The third kappa shape index (κ3) is 4.93. The lowest BCUT2D eigenvalue weighted by atomic mass is 10.0. The van der Waals surface area contributed by atoms with Gasteiger partial charge in [0.1, 0.15) is 5.69 Å². The van der Waals surface area contributed by atoms with E-state index in [0.29, 0.717) is 11.9 Å². The van der Waals surface area contributed by atoms with Gasteiger partial charge in [-0.3, -0.25) is 9.88 Å². The van der Waals surface area contributed by atoms with Gasteiger partial charge in [0.05, 0.1) is 7.11 Å². The zero-order valence-corrected chi connectivity index (χ0v) is 12.4. The van der Waals surface area contributed by atoms with Gasteiger partial charge < -0.3 is 10.1 Å². The maximum Gasteiger partial charge on any atom is 0.236 e. The SMILES string of the molecule is COc1nccnc1CN(C)CC1CCCCN1.Cl. The molecule has 0 aliphatic carbocycles. The maximum atomic E-state index is 5.22. The second-order valence-corrected chi connectivity index (χ2v) is 4.86. The van der Waals surface area contributed by atoms with Crippen molar-refractivity contribution in [1.82, 2.24) is 20.2 Å². The Morgan fingerprint density at radius 1 is 1.37 bits per heavy atom. The summed E-state index contributed by atoms with van der Waals surface area (Å²) in [5, 5.41) is 3.56. The number of nitrogens with zero attached hydrogens (tertiary/aromatic N) is 3. The molecule has 1 aromatic heterocycles. The smallest absolute Gasteiger partial charge is 0.236 e. The molecule has 0 spiro atoms. The second-order valence-electron chi connectivity index (χ2n) is 4.86. The van der Waals surface area contributed by atoms with Crippen LogP contribution in [-0.2, 0) is 6.54 Å². The fourth-order valence-corrected chi connectivity index (χ4v) is 2.41. The summed E-state index contributed by atoms with van der Waals surface area (Å²) in [5.74, 6) is 0.626. The van der Waals surface area contributed by atoms with E-state index in [0.717, 1.165) is 25.3 Å². The molecule has 108 valence electrons. The molecule has 6 heteroatoms. The standard InChI is InChI=1S/C13H22N4O.ClH/c1-17(9-11-5-3-4-6-14-11)10-12-13(18-2)16-8-7-15-12;/h7-8,11,14H,3-6,9-10H2,1-2H3;1H. The van der Waals surface area contributed by atoms with Crippen molar-refractivity contribution in [3.63, 3.8) is 0 Å². The second kappa shape index (κ2) is 8.30. The van der Waals surface area contributed by atoms with E-state index < -0.39 is 0 Å². The van der Waals surface area contributed by atoms with Gasteiger partial charge in [0.25, 0.3) is 0 Å². The van der Waals surface area contributed by atoms with Crippen LogP contribution in [0.15, 0.2) is 12.4 Å². The van der Waals surface area contributed by atoms with Gasteiger partial charge in [0.2, 0.25) is 5.88 Å². The highest BCUT2D eigenvalue weighted by atomic mass is 35.5. The molecule has 1 aromatic rings. The molecular formula is C13H23ClN4O. The zero-order chi connectivity index (χ0) is 12.8. The van der Waals surface area contributed by atoms with E-state index in [1.165, 1.54) is 19.3 Å². The summed E-state index contributed by atoms with van der Waals surface area (Å²) in [6, 6.07) is 0.603. The van der Waals surface area contributed by atoms with Crippen molar-refractivity contribution in [3.05, 3.63) is 18.1 Å². The number of halogens is 1. The normalized spacial score (nSPS) is 19.0. The lowest BCUT2D eigenvalue weighted by Crippen LogP contribution is -2.42. The molecule has 1 aliphatic rings. The van der Waals surface area contributed by atoms with Crippen LogP contribution in [0, 0.1) is 0 Å². The Morgan fingerprint density at radius 2 is 2.16 bits per heavy atom. The third-order valence-corrected chi connectivity index (χ3v) is 3.29. The highest BCUT2D eigenvalue weighted by molar-refractivity contribution is 5.85. The molecule has 19 heavy (non-hydrogen) atoms. The first-order chi connectivity index (χ1) is 8.79. The Labute approximate surface area is 121 Å². The molecule has 0 aromatic carbocycles. The third-order valence-electron chi connectivity index (χ3n) is 3.29. The Kier molecular flexibility index (Phi) is 7.05. The summed E-state index contributed by atoms with van der Waals surface area (Å²) < 4.78 is 5.22. The summed E-state index contributed by atoms with van der Waals surface area (Å²) in [6.45, 7) is 2.96. The predicted octanol–water partition coefficient (Wildman–Crippen LogP) is 1.48. The number of likely N-dealkylation sites (N-methyl/N-ethyl adjacent to an activating group) is 1. The molecular weight excluding hydrogens is 264 g/mol. The van der Waals surface area contributed by atoms with Crippen molar-refractivity contribution >= 4 is 12.4 Å². The largest absolute Gasteiger partial charge is 0.480 e. The maximum absolute atomic E-state index is 5.22. The van der Waals surface area contributed by atoms with Gasteiger partial charge in [-0.05, 0) is 26.4 Å². The van der Waals surface area contributed by atoms with Gasteiger partial charge in [0, 0.05) is 31.5 Å². The Hall–Kier alpha value is -0.910. The molecule has 5 nitrogen and oxygen atoms in total. The van der Waals surface area contributed by atoms with E-state index in [1.807, 2.05) is 0 Å². The van der Waals surface area contributed by atoms with Crippen LogP contribution in [0.2, 0.25) is 0 Å². The van der Waals surface area contributed by atoms with Gasteiger partial charge in [-0.1, -0.05) is 6.42 Å². The van der Waals surface area contributed by atoms with Crippen molar-refractivity contribution in [3.8, 4) is 5.88 Å². The lowest BCUT2D eigenvalue weighted by Gasteiger charge is -2.28. The Morgan fingerprint density at radius 3 is 2.84 bits per heavy atom. The van der Waals surface area contributed by atoms with Gasteiger partial charge in [-0.2, -0.15) is 0 Å². The first kappa shape index (κ1) is 16.1. The minimum atomic E-state index is 0. The first-order valence-electron chi connectivity index (χ1n) is 6.55. The molecule has 1 fully saturated rings. The Balaban J connectivity index is 0.00000180. The number of hydrogen-bond donors (Lipinski definition) is 1. The topological polar surface area (TPSA) is 50.3 Å². The zero-order valence-electron chi connectivity index (χ0n) is 11.6. The molecule has 1 N–H and O–H groups in total. The highest BCUT2D eigenvalue weighted by Gasteiger charge is 2.16. The predicted molar refractivity (Wildman–Crippen MR) is 77.8 cm³/mol. The molecule has 1 saturated heterocycles. The van der Waals surface area contributed by atoms with Crippen LogP contribution >= 0.6 is 12.4 Å². The van der Waals surface area contributed by atoms with Crippen molar-refractivity contribution in [2.75, 3.05) is 27.2 Å². The number of aromatic nitrogens is 2. The number of nitrogens with one attached hydrogen (secondary N) is 1. The molecule has 2 heterocycles. The quantitative estimate of drug-likeness (QED) is 0.889. The molecule has 0 saturated carbocycles. The molecule has 1 atom stereocenters. The van der Waals surface area contributed by atoms with E-state index in [-0.39, 0.29) is 12.4 Å². The van der Waals surface area contributed by atoms with Crippen LogP contribution in [0.4, 0.5) is 0 Å². The monoisotopic (exact) mass is 286 g/mol. The summed E-state index contributed by atoms with van der Waals surface area (Å²) in [6.07, 6.45) is 7.27. The molecule has 0 radical (unpaired) electrons. The van der Waals surface area contributed by atoms with Crippen LogP contribution < -0.4 is 10.1 Å². The van der Waals surface area contributed by atoms with Gasteiger partial charge in [0.15, 0.2) is 0 Å². The summed E-state index contributed by atoms with van der Waals surface area (Å²) >= 11 is 0. The number of ether oxygens (including phenoxy) is 1. The van der Waals surface area contributed by atoms with Gasteiger partial charge in [-0.15, -0.1) is 12.4 Å². The molecule has 1 aliphatic heterocycles. The van der Waals surface area contributed by atoms with Crippen molar-refractivity contribution < 1.29 is 4.74 Å². The number of methoxy groups -OCH3 is 1. The molecule has 1 unspecified atom stereocenters. The highest BCUT2D eigenvalue weighted by Crippen LogP contribution is 2.14. The van der Waals surface area contributed by atoms with E-state index in [1.54, 1.807) is 19.5 Å². The van der Waals surface area contributed by atoms with E-state index in [4.69, 9.17) is 4.74 Å². The summed E-state index contributed by atoms with van der Waals surface area (Å²) in [7, 11) is 3.75. The van der Waals surface area contributed by atoms with Crippen LogP contribution in [0.1, 0.15) is 25.0 Å². The van der Waals surface area contributed by atoms with Crippen molar-refractivity contribution in [1.29, 1.82) is 0 Å². The Bertz CT molecular complexity index is 371. The fraction of sp³-hybridized carbons (Fsp3) is 0.692. The fourth-order valence-electron chi connectivity index (χ4n) is 2.41. The van der Waals surface area contributed by atoms with Crippen LogP contribution in [0.5, 0.6) is 5.88 Å². The summed E-state index contributed by atoms with van der Waals surface area (Å²) in [4.78, 5) is 10.8. The molecule has 2 rings (SSSR count). The van der Waals surface area contributed by atoms with Crippen molar-refractivity contribution in [2.45, 2.75) is 31.8 Å². The van der Waals surface area contributed by atoms with E-state index >= 15 is 0 Å².